The van der Waals surface area contributed by atoms with E-state index in [4.69, 9.17) is 4.42 Å². The minimum atomic E-state index is -0.822. The zero-order chi connectivity index (χ0) is 17.8. The number of halogens is 2. The molecule has 7 heteroatoms. The first-order chi connectivity index (χ1) is 12.0. The Morgan fingerprint density at radius 1 is 1.08 bits per heavy atom. The highest BCUT2D eigenvalue weighted by atomic mass is 19.1. The average Bonchev–Trinajstić information content (AvgIpc) is 3.03. The van der Waals surface area contributed by atoms with Crippen molar-refractivity contribution in [3.05, 3.63) is 65.2 Å². The van der Waals surface area contributed by atoms with Gasteiger partial charge in [-0.15, -0.1) is 5.10 Å². The third-order valence-corrected chi connectivity index (χ3v) is 3.63. The van der Waals surface area contributed by atoms with Crippen molar-refractivity contribution in [2.45, 2.75) is 19.8 Å². The third kappa shape index (κ3) is 4.06. The van der Waals surface area contributed by atoms with Gasteiger partial charge in [0.15, 0.2) is 0 Å². The van der Waals surface area contributed by atoms with Crippen LogP contribution in [-0.4, -0.2) is 16.1 Å². The zero-order valence-corrected chi connectivity index (χ0v) is 13.4. The van der Waals surface area contributed by atoms with E-state index in [9.17, 15) is 13.6 Å². The molecule has 0 atom stereocenters. The number of aryl methyl sites for hydroxylation is 1. The monoisotopic (exact) mass is 343 g/mol. The standard InChI is InChI=1S/C18H15F2N3O2/c1-2-11-3-5-12(6-4-11)9-16(24)21-18-23-22-17(25-18)14-8-7-13(19)10-15(14)20/h3-8,10H,2,9H2,1H3,(H,21,23,24). The summed E-state index contributed by atoms with van der Waals surface area (Å²) in [5.74, 6) is -2.00. The van der Waals surface area contributed by atoms with Gasteiger partial charge in [-0.25, -0.2) is 8.78 Å². The second-order valence-corrected chi connectivity index (χ2v) is 5.43. The molecule has 1 aromatic heterocycles. The SMILES string of the molecule is CCc1ccc(CC(=O)Nc2nnc(-c3ccc(F)cc3F)o2)cc1. The molecule has 0 spiro atoms. The second-order valence-electron chi connectivity index (χ2n) is 5.43. The Kier molecular flexibility index (Phi) is 4.83. The molecule has 1 N–H and O–H groups in total. The second kappa shape index (κ2) is 7.21. The number of benzene rings is 2. The summed E-state index contributed by atoms with van der Waals surface area (Å²) >= 11 is 0. The molecule has 0 aliphatic carbocycles. The van der Waals surface area contributed by atoms with Crippen molar-refractivity contribution in [1.29, 1.82) is 0 Å². The number of hydrogen-bond donors (Lipinski definition) is 1. The molecule has 2 aromatic carbocycles. The van der Waals surface area contributed by atoms with Crippen molar-refractivity contribution >= 4 is 11.9 Å². The molecule has 1 heterocycles. The number of hydrogen-bond acceptors (Lipinski definition) is 4. The van der Waals surface area contributed by atoms with Crippen LogP contribution in [0.25, 0.3) is 11.5 Å². The molecule has 25 heavy (non-hydrogen) atoms. The number of rotatable bonds is 5. The van der Waals surface area contributed by atoms with E-state index >= 15 is 0 Å². The molecule has 3 aromatic rings. The third-order valence-electron chi connectivity index (χ3n) is 3.63. The largest absolute Gasteiger partial charge is 0.403 e. The molecule has 1 amide bonds. The van der Waals surface area contributed by atoms with Gasteiger partial charge in [0.2, 0.25) is 5.91 Å². The number of nitrogens with zero attached hydrogens (tertiary/aromatic N) is 2. The van der Waals surface area contributed by atoms with Crippen LogP contribution in [0.1, 0.15) is 18.1 Å². The lowest BCUT2D eigenvalue weighted by Crippen LogP contribution is -2.14. The van der Waals surface area contributed by atoms with Crippen LogP contribution >= 0.6 is 0 Å². The van der Waals surface area contributed by atoms with Crippen LogP contribution in [-0.2, 0) is 17.6 Å². The number of amides is 1. The highest BCUT2D eigenvalue weighted by molar-refractivity contribution is 5.90. The lowest BCUT2D eigenvalue weighted by atomic mass is 10.1. The molecule has 0 saturated heterocycles. The van der Waals surface area contributed by atoms with Gasteiger partial charge in [-0.05, 0) is 29.7 Å². The fourth-order valence-corrected chi connectivity index (χ4v) is 2.29. The van der Waals surface area contributed by atoms with Gasteiger partial charge in [0.05, 0.1) is 12.0 Å². The van der Waals surface area contributed by atoms with Gasteiger partial charge in [0.1, 0.15) is 11.6 Å². The Bertz CT molecular complexity index is 892. The predicted molar refractivity (Wildman–Crippen MR) is 87.8 cm³/mol. The molecule has 0 bridgehead atoms. The van der Waals surface area contributed by atoms with E-state index in [1.165, 1.54) is 11.6 Å². The Hall–Kier alpha value is -3.09. The quantitative estimate of drug-likeness (QED) is 0.766. The van der Waals surface area contributed by atoms with E-state index in [1.54, 1.807) is 0 Å². The van der Waals surface area contributed by atoms with Gasteiger partial charge in [0, 0.05) is 6.07 Å². The van der Waals surface area contributed by atoms with E-state index in [1.807, 2.05) is 24.3 Å². The number of carbonyl (C=O) groups is 1. The molecule has 128 valence electrons. The summed E-state index contributed by atoms with van der Waals surface area (Å²) in [6, 6.07) is 10.5. The maximum absolute atomic E-state index is 13.7. The molecule has 3 rings (SSSR count). The number of nitrogens with one attached hydrogen (secondary N) is 1. The summed E-state index contributed by atoms with van der Waals surface area (Å²) in [6.45, 7) is 2.05. The molecule has 0 fully saturated rings. The average molecular weight is 343 g/mol. The van der Waals surface area contributed by atoms with Crippen molar-refractivity contribution in [2.75, 3.05) is 5.32 Å². The maximum Gasteiger partial charge on any atom is 0.322 e. The van der Waals surface area contributed by atoms with Gasteiger partial charge >= 0.3 is 6.01 Å². The highest BCUT2D eigenvalue weighted by Crippen LogP contribution is 2.23. The normalized spacial score (nSPS) is 10.7. The Balaban J connectivity index is 1.67. The van der Waals surface area contributed by atoms with Crippen LogP contribution in [0.15, 0.2) is 46.9 Å². The summed E-state index contributed by atoms with van der Waals surface area (Å²) in [5.41, 5.74) is 2.00. The minimum absolute atomic E-state index is 0.0375. The van der Waals surface area contributed by atoms with Gasteiger partial charge in [-0.1, -0.05) is 36.3 Å². The molecular formula is C18H15F2N3O2. The van der Waals surface area contributed by atoms with Crippen LogP contribution < -0.4 is 5.32 Å². The summed E-state index contributed by atoms with van der Waals surface area (Å²) in [4.78, 5) is 12.0. The highest BCUT2D eigenvalue weighted by Gasteiger charge is 2.15. The summed E-state index contributed by atoms with van der Waals surface area (Å²) < 4.78 is 31.9. The molecule has 0 aliphatic rings. The fraction of sp³-hybridized carbons (Fsp3) is 0.167. The predicted octanol–water partition coefficient (Wildman–Crippen LogP) is 3.76. The van der Waals surface area contributed by atoms with Crippen molar-refractivity contribution < 1.29 is 18.0 Å². The molecular weight excluding hydrogens is 328 g/mol. The van der Waals surface area contributed by atoms with Gasteiger partial charge in [-0.2, -0.15) is 0 Å². The summed E-state index contributed by atoms with van der Waals surface area (Å²) in [6.07, 6.45) is 1.07. The van der Waals surface area contributed by atoms with E-state index in [0.29, 0.717) is 0 Å². The molecule has 0 saturated carbocycles. The van der Waals surface area contributed by atoms with E-state index in [2.05, 4.69) is 22.4 Å². The Labute approximate surface area is 142 Å². The van der Waals surface area contributed by atoms with Crippen molar-refractivity contribution in [3.63, 3.8) is 0 Å². The zero-order valence-electron chi connectivity index (χ0n) is 13.4. The number of anilines is 1. The van der Waals surface area contributed by atoms with E-state index < -0.39 is 11.6 Å². The molecule has 5 nitrogen and oxygen atoms in total. The van der Waals surface area contributed by atoms with Crippen molar-refractivity contribution in [3.8, 4) is 11.5 Å². The Morgan fingerprint density at radius 3 is 2.48 bits per heavy atom. The fourth-order valence-electron chi connectivity index (χ4n) is 2.29. The summed E-state index contributed by atoms with van der Waals surface area (Å²) in [5, 5.41) is 9.79. The van der Waals surface area contributed by atoms with Crippen LogP contribution in [0.2, 0.25) is 0 Å². The van der Waals surface area contributed by atoms with E-state index in [0.717, 1.165) is 24.1 Å². The van der Waals surface area contributed by atoms with Crippen molar-refractivity contribution in [1.82, 2.24) is 10.2 Å². The Morgan fingerprint density at radius 2 is 1.80 bits per heavy atom. The lowest BCUT2D eigenvalue weighted by Gasteiger charge is -2.02. The number of aromatic nitrogens is 2. The molecule has 0 unspecified atom stereocenters. The first kappa shape index (κ1) is 16.8. The number of carbonyl (C=O) groups excluding carboxylic acids is 1. The van der Waals surface area contributed by atoms with Crippen LogP contribution in [0.5, 0.6) is 0 Å². The lowest BCUT2D eigenvalue weighted by molar-refractivity contribution is -0.115. The summed E-state index contributed by atoms with van der Waals surface area (Å²) in [7, 11) is 0. The van der Waals surface area contributed by atoms with E-state index in [-0.39, 0.29) is 29.8 Å². The maximum atomic E-state index is 13.7. The van der Waals surface area contributed by atoms with Crippen LogP contribution in [0.4, 0.5) is 14.8 Å². The molecule has 0 radical (unpaired) electrons. The van der Waals surface area contributed by atoms with Crippen molar-refractivity contribution in [2.24, 2.45) is 0 Å². The van der Waals surface area contributed by atoms with Gasteiger partial charge < -0.3 is 4.42 Å². The topological polar surface area (TPSA) is 68.0 Å². The first-order valence-electron chi connectivity index (χ1n) is 7.71. The molecule has 0 aliphatic heterocycles. The smallest absolute Gasteiger partial charge is 0.322 e. The minimum Gasteiger partial charge on any atom is -0.403 e. The van der Waals surface area contributed by atoms with Gasteiger partial charge in [0.25, 0.3) is 5.89 Å². The van der Waals surface area contributed by atoms with Crippen LogP contribution in [0.3, 0.4) is 0 Å². The first-order valence-corrected chi connectivity index (χ1v) is 7.71. The van der Waals surface area contributed by atoms with Crippen LogP contribution in [0, 0.1) is 11.6 Å². The van der Waals surface area contributed by atoms with Gasteiger partial charge in [-0.3, -0.25) is 10.1 Å².